The van der Waals surface area contributed by atoms with E-state index in [0.29, 0.717) is 6.42 Å². The molecule has 0 spiro atoms. The Morgan fingerprint density at radius 3 is 1.03 bits per heavy atom. The van der Waals surface area contributed by atoms with Crippen molar-refractivity contribution >= 4 is 5.91 Å². The Hall–Kier alpha value is -1.65. The fraction of sp³-hybridized carbons (Fsp3) is 0.847. The maximum absolute atomic E-state index is 12.4. The van der Waals surface area contributed by atoms with Crippen LogP contribution in [0.5, 0.6) is 0 Å². The number of carbonyl (C=O) groups is 1. The van der Waals surface area contributed by atoms with Crippen LogP contribution >= 0.6 is 0 Å². The lowest BCUT2D eigenvalue weighted by Crippen LogP contribution is -2.45. The first-order valence-electron chi connectivity index (χ1n) is 28.4. The van der Waals surface area contributed by atoms with Crippen molar-refractivity contribution in [1.29, 1.82) is 0 Å². The summed E-state index contributed by atoms with van der Waals surface area (Å²) in [6, 6.07) is -0.645. The SMILES string of the molecule is CCCCCC/C=C\C/C=C\CCCCCCCCCC(=O)NC(CO)C(O)/C=C/CC/C=C/CCCCCCCCCCCCCCCCCCCCCCCCCCCCC. The van der Waals surface area contributed by atoms with Gasteiger partial charge in [0.15, 0.2) is 0 Å². The molecule has 0 aliphatic carbocycles. The molecule has 2 atom stereocenters. The summed E-state index contributed by atoms with van der Waals surface area (Å²) < 4.78 is 0. The average Bonchev–Trinajstić information content (AvgIpc) is 3.29. The van der Waals surface area contributed by atoms with E-state index in [1.165, 1.54) is 238 Å². The Bertz CT molecular complexity index is 1000. The lowest BCUT2D eigenvalue weighted by Gasteiger charge is -2.19. The number of allylic oxidation sites excluding steroid dienone is 7. The van der Waals surface area contributed by atoms with Gasteiger partial charge >= 0.3 is 0 Å². The van der Waals surface area contributed by atoms with Crippen molar-refractivity contribution < 1.29 is 15.0 Å². The van der Waals surface area contributed by atoms with Crippen LogP contribution in [0.15, 0.2) is 48.6 Å². The first kappa shape index (κ1) is 61.4. The van der Waals surface area contributed by atoms with Crippen LogP contribution in [0.1, 0.15) is 303 Å². The van der Waals surface area contributed by atoms with E-state index in [2.05, 4.69) is 55.6 Å². The number of amides is 1. The predicted octanol–water partition coefficient (Wildman–Crippen LogP) is 18.6. The fourth-order valence-corrected chi connectivity index (χ4v) is 8.70. The fourth-order valence-electron chi connectivity index (χ4n) is 8.70. The van der Waals surface area contributed by atoms with Gasteiger partial charge in [-0.05, 0) is 64.2 Å². The molecule has 63 heavy (non-hydrogen) atoms. The molecule has 0 rings (SSSR count). The second kappa shape index (κ2) is 54.7. The number of unbranched alkanes of at least 4 members (excludes halogenated alkanes) is 39. The van der Waals surface area contributed by atoms with Gasteiger partial charge in [0.25, 0.3) is 0 Å². The summed E-state index contributed by atoms with van der Waals surface area (Å²) in [5, 5.41) is 23.1. The molecule has 0 fully saturated rings. The molecular weight excluding hydrogens is 771 g/mol. The zero-order valence-electron chi connectivity index (χ0n) is 42.6. The van der Waals surface area contributed by atoms with Gasteiger partial charge in [-0.25, -0.2) is 0 Å². The van der Waals surface area contributed by atoms with Crippen molar-refractivity contribution in [1.82, 2.24) is 5.32 Å². The summed E-state index contributed by atoms with van der Waals surface area (Å²) >= 11 is 0. The first-order chi connectivity index (χ1) is 31.2. The van der Waals surface area contributed by atoms with E-state index >= 15 is 0 Å². The van der Waals surface area contributed by atoms with Crippen LogP contribution in [-0.4, -0.2) is 34.9 Å². The Labute approximate surface area is 394 Å². The molecule has 2 unspecified atom stereocenters. The standard InChI is InChI=1S/C59H111NO3/c1-3-5-7-9-11-13-15-17-19-21-23-24-25-26-27-28-29-30-31-32-33-34-35-36-37-38-40-42-44-46-48-50-52-54-58(62)57(56-61)60-59(63)55-53-51-49-47-45-43-41-39-22-20-18-16-14-12-10-8-6-4-2/h14,16,20,22,44,46,52,54,57-58,61-62H,3-13,15,17-19,21,23-43,45,47-51,53,55-56H2,1-2H3,(H,60,63)/b16-14-,22-20-,46-44+,54-52+. The number of carbonyl (C=O) groups excluding carboxylic acids is 1. The number of rotatable bonds is 52. The highest BCUT2D eigenvalue weighted by Crippen LogP contribution is 2.17. The predicted molar refractivity (Wildman–Crippen MR) is 281 cm³/mol. The van der Waals surface area contributed by atoms with Gasteiger partial charge < -0.3 is 15.5 Å². The highest BCUT2D eigenvalue weighted by atomic mass is 16.3. The molecule has 0 heterocycles. The molecule has 3 N–H and O–H groups in total. The summed E-state index contributed by atoms with van der Waals surface area (Å²) in [7, 11) is 0. The van der Waals surface area contributed by atoms with Crippen LogP contribution in [0.25, 0.3) is 0 Å². The third-order valence-corrected chi connectivity index (χ3v) is 13.0. The van der Waals surface area contributed by atoms with E-state index in [0.717, 1.165) is 44.9 Å². The van der Waals surface area contributed by atoms with Crippen molar-refractivity contribution in [3.63, 3.8) is 0 Å². The van der Waals surface area contributed by atoms with Crippen LogP contribution < -0.4 is 5.32 Å². The van der Waals surface area contributed by atoms with Crippen LogP contribution in [-0.2, 0) is 4.79 Å². The van der Waals surface area contributed by atoms with Crippen molar-refractivity contribution in [2.75, 3.05) is 6.61 Å². The second-order valence-corrected chi connectivity index (χ2v) is 19.3. The number of nitrogens with one attached hydrogen (secondary N) is 1. The molecule has 0 aliphatic rings. The lowest BCUT2D eigenvalue weighted by atomic mass is 10.0. The summed E-state index contributed by atoms with van der Waals surface area (Å²) in [6.45, 7) is 4.30. The highest BCUT2D eigenvalue weighted by molar-refractivity contribution is 5.76. The third kappa shape index (κ3) is 51.2. The summed E-state index contributed by atoms with van der Waals surface area (Å²) in [4.78, 5) is 12.4. The molecule has 0 aromatic heterocycles. The lowest BCUT2D eigenvalue weighted by molar-refractivity contribution is -0.123. The molecule has 0 aliphatic heterocycles. The maximum atomic E-state index is 12.4. The van der Waals surface area contributed by atoms with Gasteiger partial charge in [0.1, 0.15) is 0 Å². The topological polar surface area (TPSA) is 69.6 Å². The largest absolute Gasteiger partial charge is 0.394 e. The van der Waals surface area contributed by atoms with Crippen LogP contribution in [0.2, 0.25) is 0 Å². The van der Waals surface area contributed by atoms with Gasteiger partial charge in [-0.3, -0.25) is 4.79 Å². The summed E-state index contributed by atoms with van der Waals surface area (Å²) in [5.41, 5.74) is 0. The minimum atomic E-state index is -0.868. The van der Waals surface area contributed by atoms with Gasteiger partial charge in [-0.1, -0.05) is 281 Å². The maximum Gasteiger partial charge on any atom is 0.220 e. The molecular formula is C59H111NO3. The Morgan fingerprint density at radius 2 is 0.667 bits per heavy atom. The van der Waals surface area contributed by atoms with Gasteiger partial charge in [0.2, 0.25) is 5.91 Å². The molecule has 0 saturated carbocycles. The molecule has 370 valence electrons. The first-order valence-corrected chi connectivity index (χ1v) is 28.4. The number of hydrogen-bond acceptors (Lipinski definition) is 3. The molecule has 0 saturated heterocycles. The Balaban J connectivity index is 3.50. The molecule has 0 bridgehead atoms. The van der Waals surface area contributed by atoms with Gasteiger partial charge in [0.05, 0.1) is 18.8 Å². The summed E-state index contributed by atoms with van der Waals surface area (Å²) in [6.07, 6.45) is 75.7. The van der Waals surface area contributed by atoms with Crippen molar-refractivity contribution in [2.24, 2.45) is 0 Å². The molecule has 1 amide bonds. The molecule has 0 radical (unpaired) electrons. The molecule has 0 aromatic rings. The molecule has 4 heteroatoms. The van der Waals surface area contributed by atoms with Gasteiger partial charge in [0, 0.05) is 6.42 Å². The van der Waals surface area contributed by atoms with E-state index in [9.17, 15) is 15.0 Å². The summed E-state index contributed by atoms with van der Waals surface area (Å²) in [5.74, 6) is -0.0799. The second-order valence-electron chi connectivity index (χ2n) is 19.3. The van der Waals surface area contributed by atoms with Crippen LogP contribution in [0, 0.1) is 0 Å². The van der Waals surface area contributed by atoms with Crippen molar-refractivity contribution in [2.45, 2.75) is 315 Å². The zero-order chi connectivity index (χ0) is 45.6. The van der Waals surface area contributed by atoms with Crippen molar-refractivity contribution in [3.05, 3.63) is 48.6 Å². The van der Waals surface area contributed by atoms with E-state index < -0.39 is 12.1 Å². The Kier molecular flexibility index (Phi) is 53.3. The average molecular weight is 883 g/mol. The van der Waals surface area contributed by atoms with Crippen LogP contribution in [0.3, 0.4) is 0 Å². The van der Waals surface area contributed by atoms with Crippen molar-refractivity contribution in [3.8, 4) is 0 Å². The van der Waals surface area contributed by atoms with Gasteiger partial charge in [-0.15, -0.1) is 0 Å². The number of aliphatic hydroxyl groups is 2. The van der Waals surface area contributed by atoms with E-state index in [1.807, 2.05) is 6.08 Å². The van der Waals surface area contributed by atoms with E-state index in [1.54, 1.807) is 6.08 Å². The highest BCUT2D eigenvalue weighted by Gasteiger charge is 2.18. The van der Waals surface area contributed by atoms with E-state index in [-0.39, 0.29) is 12.5 Å². The van der Waals surface area contributed by atoms with E-state index in [4.69, 9.17) is 0 Å². The quantitative estimate of drug-likeness (QED) is 0.0421. The number of aliphatic hydroxyl groups excluding tert-OH is 2. The smallest absolute Gasteiger partial charge is 0.220 e. The van der Waals surface area contributed by atoms with Crippen LogP contribution in [0.4, 0.5) is 0 Å². The minimum absolute atomic E-state index is 0.0799. The molecule has 0 aromatic carbocycles. The Morgan fingerprint density at radius 1 is 0.381 bits per heavy atom. The molecule has 4 nitrogen and oxygen atoms in total. The minimum Gasteiger partial charge on any atom is -0.394 e. The van der Waals surface area contributed by atoms with Gasteiger partial charge in [-0.2, -0.15) is 0 Å². The number of hydrogen-bond donors (Lipinski definition) is 3. The zero-order valence-corrected chi connectivity index (χ0v) is 42.6. The normalized spacial score (nSPS) is 13.1. The third-order valence-electron chi connectivity index (χ3n) is 13.0. The monoisotopic (exact) mass is 882 g/mol.